The minimum atomic E-state index is 1.16. The molecule has 0 amide bonds. The van der Waals surface area contributed by atoms with Crippen molar-refractivity contribution in [1.29, 1.82) is 0 Å². The van der Waals surface area contributed by atoms with E-state index in [-0.39, 0.29) is 0 Å². The second kappa shape index (κ2) is 22.5. The number of fused-ring (bicyclic) bond motifs is 24. The molecule has 0 unspecified atom stereocenters. The van der Waals surface area contributed by atoms with Gasteiger partial charge >= 0.3 is 0 Å². The summed E-state index contributed by atoms with van der Waals surface area (Å²) in [5.41, 5.74) is 18.3. The Labute approximate surface area is 550 Å². The fourth-order valence-corrected chi connectivity index (χ4v) is 15.5. The van der Waals surface area contributed by atoms with Crippen LogP contribution in [0.15, 0.2) is 340 Å². The Bertz CT molecular complexity index is 6300. The Morgan fingerprint density at radius 2 is 0.634 bits per heavy atom. The minimum Gasteiger partial charge on any atom is -0.354 e. The quantitative estimate of drug-likeness (QED) is 0.167. The van der Waals surface area contributed by atoms with E-state index in [1.54, 1.807) is 0 Å². The van der Waals surface area contributed by atoms with Gasteiger partial charge in [0.2, 0.25) is 0 Å². The Morgan fingerprint density at radius 3 is 1.22 bits per heavy atom. The molecule has 93 heavy (non-hydrogen) atoms. The summed E-state index contributed by atoms with van der Waals surface area (Å²) in [5.74, 6) is 0. The van der Waals surface area contributed by atoms with Gasteiger partial charge in [-0.05, 0) is 150 Å². The van der Waals surface area contributed by atoms with Crippen LogP contribution in [0.5, 0.6) is 0 Å². The molecule has 0 atom stereocenters. The first kappa shape index (κ1) is 54.4. The number of halogens is 1. The maximum atomic E-state index is 3.76. The number of benzene rings is 16. The van der Waals surface area contributed by atoms with Crippen LogP contribution in [-0.2, 0) is 0 Å². The van der Waals surface area contributed by atoms with Gasteiger partial charge in [0.1, 0.15) is 0 Å². The summed E-state index contributed by atoms with van der Waals surface area (Å²) >= 11 is 2.33. The van der Waals surface area contributed by atoms with Crippen LogP contribution in [0.2, 0.25) is 0 Å². The van der Waals surface area contributed by atoms with E-state index in [1.165, 1.54) is 162 Å². The fourth-order valence-electron chi connectivity index (χ4n) is 15.0. The highest BCUT2D eigenvalue weighted by Gasteiger charge is 2.27. The van der Waals surface area contributed by atoms with Gasteiger partial charge in [-0.2, -0.15) is 0 Å². The van der Waals surface area contributed by atoms with E-state index in [0.29, 0.717) is 0 Å². The van der Waals surface area contributed by atoms with Crippen molar-refractivity contribution in [3.63, 3.8) is 0 Å². The monoisotopic (exact) mass is 1300 g/mol. The summed E-state index contributed by atoms with van der Waals surface area (Å²) in [7, 11) is 0. The van der Waals surface area contributed by atoms with E-state index in [0.717, 1.165) is 11.4 Å². The topological polar surface area (TPSA) is 30.6 Å². The summed E-state index contributed by atoms with van der Waals surface area (Å²) in [6, 6.07) is 122. The smallest absolute Gasteiger partial charge is 0.0648 e. The molecule has 0 bridgehead atoms. The number of rotatable bonds is 5. The molecule has 20 rings (SSSR count). The number of aromatic amines is 1. The number of hydrogen-bond donors (Lipinski definition) is 1. The van der Waals surface area contributed by atoms with Crippen LogP contribution in [-0.4, -0.2) is 18.7 Å². The van der Waals surface area contributed by atoms with Crippen molar-refractivity contribution in [3.05, 3.63) is 343 Å². The third kappa shape index (κ3) is 8.87. The number of nitrogens with one attached hydrogen (secondary N) is 1. The van der Waals surface area contributed by atoms with Crippen LogP contribution in [0.25, 0.3) is 170 Å². The first-order chi connectivity index (χ1) is 46.1. The third-order valence-electron chi connectivity index (χ3n) is 18.9. The fraction of sp³-hybridized carbons (Fsp3) is 0. The number of H-pyrrole nitrogens is 1. The molecule has 16 aromatic carbocycles. The third-order valence-corrected chi connectivity index (χ3v) is 19.5. The van der Waals surface area contributed by atoms with Crippen molar-refractivity contribution in [2.24, 2.45) is 0 Å². The van der Waals surface area contributed by atoms with Gasteiger partial charge in [-0.15, -0.1) is 0 Å². The zero-order chi connectivity index (χ0) is 61.5. The normalized spacial score (nSPS) is 11.7. The van der Waals surface area contributed by atoms with Crippen LogP contribution in [0.4, 0.5) is 0 Å². The molecule has 0 radical (unpaired) electrons. The molecule has 5 heteroatoms. The minimum absolute atomic E-state index is 1.16. The molecule has 0 fully saturated rings. The van der Waals surface area contributed by atoms with Crippen molar-refractivity contribution in [2.45, 2.75) is 0 Å². The first-order valence-corrected chi connectivity index (χ1v) is 32.9. The van der Waals surface area contributed by atoms with Crippen LogP contribution in [0.1, 0.15) is 0 Å². The average Bonchev–Trinajstić information content (AvgIpc) is 1.54. The van der Waals surface area contributed by atoms with Crippen molar-refractivity contribution in [1.82, 2.24) is 18.7 Å². The van der Waals surface area contributed by atoms with E-state index in [1.807, 2.05) is 6.07 Å². The Hall–Kier alpha value is -11.5. The first-order valence-electron chi connectivity index (χ1n) is 31.8. The van der Waals surface area contributed by atoms with Crippen LogP contribution in [0.3, 0.4) is 0 Å². The molecule has 0 saturated carbocycles. The zero-order valence-electron chi connectivity index (χ0n) is 50.6. The second-order valence-corrected chi connectivity index (χ2v) is 25.3. The molecular weight excluding hydrogens is 1240 g/mol. The van der Waals surface area contributed by atoms with Gasteiger partial charge in [-0.1, -0.05) is 267 Å². The lowest BCUT2D eigenvalue weighted by Gasteiger charge is -2.14. The highest BCUT2D eigenvalue weighted by molar-refractivity contribution is 14.1. The van der Waals surface area contributed by atoms with Crippen molar-refractivity contribution in [2.75, 3.05) is 0 Å². The zero-order valence-corrected chi connectivity index (χ0v) is 52.7. The van der Waals surface area contributed by atoms with Gasteiger partial charge in [-0.3, -0.25) is 0 Å². The number of aromatic nitrogens is 4. The molecule has 4 aromatic heterocycles. The van der Waals surface area contributed by atoms with Crippen molar-refractivity contribution in [3.8, 4) is 39.3 Å². The van der Waals surface area contributed by atoms with Crippen LogP contribution >= 0.6 is 22.6 Å². The second-order valence-electron chi connectivity index (χ2n) is 24.0. The molecule has 0 aliphatic carbocycles. The Kier molecular flexibility index (Phi) is 13.1. The largest absolute Gasteiger partial charge is 0.354 e. The standard InChI is InChI=1S/C44H28N2.C32H20N2.C12H9I/c1-3-14-29(15-4-1)31-17-13-20-33(28-31)46-38-25-12-11-24-37(38)42-43(46)36-23-10-9-22-35(36)41-40-34-21-8-7-16-30(34)26-27-39(40)45(44(41)42)32-18-5-2-6-19-32;1-2-11-21(12-3-1)34-27-19-18-20-10-4-5-13-22(20)28(27)29-23-14-6-7-15-24(23)31-30(32(29)34)25-16-8-9-17-26(25)33-31;13-12-8-4-7-11(9-12)10-5-2-1-3-6-10/h1-28H;1-19,33H;1-9H. The van der Waals surface area contributed by atoms with E-state index < -0.39 is 0 Å². The predicted octanol–water partition coefficient (Wildman–Crippen LogP) is 24.5. The molecule has 0 saturated heterocycles. The van der Waals surface area contributed by atoms with Gasteiger partial charge in [0.05, 0.1) is 38.6 Å². The summed E-state index contributed by atoms with van der Waals surface area (Å²) in [6.45, 7) is 0. The van der Waals surface area contributed by atoms with Crippen LogP contribution in [0, 0.1) is 3.57 Å². The highest BCUT2D eigenvalue weighted by atomic mass is 127. The molecule has 436 valence electrons. The lowest BCUT2D eigenvalue weighted by Crippen LogP contribution is -1.96. The average molecular weight is 1300 g/mol. The Morgan fingerprint density at radius 1 is 0.226 bits per heavy atom. The number of para-hydroxylation sites is 4. The molecule has 4 nitrogen and oxygen atoms in total. The highest BCUT2D eigenvalue weighted by Crippen LogP contribution is 2.50. The molecule has 0 aliphatic rings. The summed E-state index contributed by atoms with van der Waals surface area (Å²) in [4.78, 5) is 3.76. The molecule has 20 aromatic rings. The summed E-state index contributed by atoms with van der Waals surface area (Å²) in [5, 5.41) is 20.5. The van der Waals surface area contributed by atoms with Gasteiger partial charge in [0.25, 0.3) is 0 Å². The summed E-state index contributed by atoms with van der Waals surface area (Å²) in [6.07, 6.45) is 0. The summed E-state index contributed by atoms with van der Waals surface area (Å²) < 4.78 is 8.73. The maximum Gasteiger partial charge on any atom is 0.0648 e. The van der Waals surface area contributed by atoms with Crippen LogP contribution < -0.4 is 0 Å². The number of nitrogens with zero attached hydrogens (tertiary/aromatic N) is 3. The molecule has 0 spiro atoms. The predicted molar refractivity (Wildman–Crippen MR) is 405 cm³/mol. The van der Waals surface area contributed by atoms with E-state index in [9.17, 15) is 0 Å². The molecule has 0 aliphatic heterocycles. The molecule has 4 heterocycles. The maximum absolute atomic E-state index is 3.76. The van der Waals surface area contributed by atoms with Gasteiger partial charge in [0.15, 0.2) is 0 Å². The van der Waals surface area contributed by atoms with E-state index in [4.69, 9.17) is 0 Å². The molecule has 1 N–H and O–H groups in total. The van der Waals surface area contributed by atoms with Gasteiger partial charge in [0, 0.05) is 80.0 Å². The van der Waals surface area contributed by atoms with Crippen molar-refractivity contribution >= 4 is 153 Å². The molecular formula is C88H57IN4. The number of hydrogen-bond acceptors (Lipinski definition) is 0. The Balaban J connectivity index is 0.000000118. The lowest BCUT2D eigenvalue weighted by molar-refractivity contribution is 1.18. The van der Waals surface area contributed by atoms with E-state index >= 15 is 0 Å². The van der Waals surface area contributed by atoms with Gasteiger partial charge < -0.3 is 18.7 Å². The van der Waals surface area contributed by atoms with Crippen molar-refractivity contribution < 1.29 is 0 Å². The lowest BCUT2D eigenvalue weighted by atomic mass is 9.97. The SMILES string of the molecule is Ic1cccc(-c2ccccc2)c1.c1ccc(-c2cccc(-n3c4ccccc4c4c3c3ccccc3c3c5c6ccccc6ccc5n(-c5ccccc5)c34)c2)cc1.c1ccc(-n2c3ccc4ccccc4c3c3c4ccccc4c4[nH]c5ccccc5c4c32)cc1. The van der Waals surface area contributed by atoms with E-state index in [2.05, 4.69) is 375 Å². The van der Waals surface area contributed by atoms with Gasteiger partial charge in [-0.25, -0.2) is 0 Å².